The van der Waals surface area contributed by atoms with E-state index < -0.39 is 16.0 Å². The molecule has 1 N–H and O–H groups in total. The molecule has 29 heavy (non-hydrogen) atoms. The van der Waals surface area contributed by atoms with Gasteiger partial charge in [-0.2, -0.15) is 0 Å². The average molecular weight is 416 g/mol. The lowest BCUT2D eigenvalue weighted by molar-refractivity contribution is -0.124. The third-order valence-electron chi connectivity index (χ3n) is 4.90. The summed E-state index contributed by atoms with van der Waals surface area (Å²) in [6.07, 6.45) is 1.68. The lowest BCUT2D eigenvalue weighted by Gasteiger charge is -2.21. The topological polar surface area (TPSA) is 92.8 Å². The first kappa shape index (κ1) is 20.9. The number of aryl methyl sites for hydroxylation is 1. The molecule has 0 unspecified atom stereocenters. The van der Waals surface area contributed by atoms with Crippen LogP contribution in [0, 0.1) is 6.92 Å². The third-order valence-corrected chi connectivity index (χ3v) is 6.17. The van der Waals surface area contributed by atoms with Gasteiger partial charge in [-0.1, -0.05) is 24.3 Å². The number of amides is 1. The summed E-state index contributed by atoms with van der Waals surface area (Å²) < 4.78 is 30.4. The molecule has 3 rings (SSSR count). The molecule has 7 nitrogen and oxygen atoms in total. The summed E-state index contributed by atoms with van der Waals surface area (Å²) in [6, 6.07) is 12.2. The number of sulfonamides is 1. The fourth-order valence-corrected chi connectivity index (χ4v) is 4.77. The molecule has 154 valence electrons. The van der Waals surface area contributed by atoms with Gasteiger partial charge < -0.3 is 10.1 Å². The van der Waals surface area contributed by atoms with Gasteiger partial charge in [0.15, 0.2) is 6.61 Å². The predicted octanol–water partition coefficient (Wildman–Crippen LogP) is 2.18. The maximum absolute atomic E-state index is 12.3. The Morgan fingerprint density at radius 2 is 1.93 bits per heavy atom. The number of nitrogens with one attached hydrogen (secondary N) is 1. The van der Waals surface area contributed by atoms with Crippen LogP contribution in [0.15, 0.2) is 42.5 Å². The van der Waals surface area contributed by atoms with Gasteiger partial charge in [-0.15, -0.1) is 0 Å². The molecular formula is C21H24N2O5S. The molecule has 0 saturated carbocycles. The minimum absolute atomic E-state index is 0.210. The number of rotatable bonds is 6. The molecule has 0 bridgehead atoms. The zero-order valence-electron chi connectivity index (χ0n) is 16.6. The van der Waals surface area contributed by atoms with Crippen LogP contribution >= 0.6 is 0 Å². The van der Waals surface area contributed by atoms with E-state index in [9.17, 15) is 18.0 Å². The molecule has 1 aliphatic heterocycles. The van der Waals surface area contributed by atoms with Gasteiger partial charge in [-0.25, -0.2) is 13.2 Å². The van der Waals surface area contributed by atoms with Crippen LogP contribution in [0.4, 0.5) is 5.69 Å². The average Bonchev–Trinajstić information content (AvgIpc) is 3.00. The van der Waals surface area contributed by atoms with Gasteiger partial charge in [0, 0.05) is 12.6 Å². The maximum atomic E-state index is 12.3. The van der Waals surface area contributed by atoms with E-state index in [1.165, 1.54) is 10.4 Å². The van der Waals surface area contributed by atoms with Crippen molar-refractivity contribution in [3.8, 4) is 0 Å². The van der Waals surface area contributed by atoms with E-state index in [-0.39, 0.29) is 24.1 Å². The summed E-state index contributed by atoms with van der Waals surface area (Å²) in [6.45, 7) is 3.76. The molecule has 1 aliphatic rings. The second-order valence-electron chi connectivity index (χ2n) is 7.23. The molecule has 8 heteroatoms. The van der Waals surface area contributed by atoms with Gasteiger partial charge in [0.25, 0.3) is 5.91 Å². The Hall–Kier alpha value is -2.87. The van der Waals surface area contributed by atoms with Gasteiger partial charge in [0.1, 0.15) is 0 Å². The first-order valence-corrected chi connectivity index (χ1v) is 11.1. The van der Waals surface area contributed by atoms with Crippen LogP contribution in [0.2, 0.25) is 0 Å². The summed E-state index contributed by atoms with van der Waals surface area (Å²) in [5.41, 5.74) is 3.70. The van der Waals surface area contributed by atoms with Crippen molar-refractivity contribution in [3.63, 3.8) is 0 Å². The fraction of sp³-hybridized carbons (Fsp3) is 0.333. The number of carbonyl (C=O) groups is 2. The molecule has 0 fully saturated rings. The number of hydrogen-bond donors (Lipinski definition) is 1. The minimum Gasteiger partial charge on any atom is -0.452 e. The van der Waals surface area contributed by atoms with E-state index in [2.05, 4.69) is 5.32 Å². The van der Waals surface area contributed by atoms with Gasteiger partial charge in [-0.05, 0) is 55.2 Å². The van der Waals surface area contributed by atoms with Crippen molar-refractivity contribution >= 4 is 27.6 Å². The number of nitrogens with zero attached hydrogens (tertiary/aromatic N) is 1. The summed E-state index contributed by atoms with van der Waals surface area (Å²) >= 11 is 0. The summed E-state index contributed by atoms with van der Waals surface area (Å²) in [4.78, 5) is 24.3. The highest BCUT2D eigenvalue weighted by atomic mass is 32.2. The predicted molar refractivity (Wildman–Crippen MR) is 110 cm³/mol. The second-order valence-corrected chi connectivity index (χ2v) is 9.09. The van der Waals surface area contributed by atoms with Crippen LogP contribution in [0.1, 0.15) is 34.0 Å². The Morgan fingerprint density at radius 3 is 2.62 bits per heavy atom. The van der Waals surface area contributed by atoms with Crippen molar-refractivity contribution in [2.75, 3.05) is 17.2 Å². The zero-order chi connectivity index (χ0) is 21.2. The van der Waals surface area contributed by atoms with E-state index in [0.29, 0.717) is 18.7 Å². The van der Waals surface area contributed by atoms with Gasteiger partial charge in [0.2, 0.25) is 10.0 Å². The Bertz CT molecular complexity index is 1050. The number of hydrogen-bond acceptors (Lipinski definition) is 5. The SMILES string of the molecule is Cc1ccccc1CNC(=O)COC(=O)c1ccc2c(c1)C[C@H](C)N2S(C)(=O)=O. The first-order chi connectivity index (χ1) is 13.7. The van der Waals surface area contributed by atoms with Crippen LogP contribution in [0.3, 0.4) is 0 Å². The smallest absolute Gasteiger partial charge is 0.338 e. The van der Waals surface area contributed by atoms with Gasteiger partial charge in [-0.3, -0.25) is 9.10 Å². The minimum atomic E-state index is -3.39. The lowest BCUT2D eigenvalue weighted by atomic mass is 10.1. The fourth-order valence-electron chi connectivity index (χ4n) is 3.50. The standard InChI is InChI=1S/C21H24N2O5S/c1-14-6-4-5-7-17(14)12-22-20(24)13-28-21(25)16-8-9-19-18(11-16)10-15(2)23(19)29(3,26)27/h4-9,11,15H,10,12-13H2,1-3H3,(H,22,24)/t15-/m0/s1. The van der Waals surface area contributed by atoms with Crippen molar-refractivity contribution in [2.45, 2.75) is 32.9 Å². The molecule has 1 atom stereocenters. The molecule has 2 aromatic rings. The number of benzene rings is 2. The molecule has 0 spiro atoms. The molecular weight excluding hydrogens is 392 g/mol. The number of ether oxygens (including phenoxy) is 1. The van der Waals surface area contributed by atoms with Crippen LogP contribution in [0.25, 0.3) is 0 Å². The Kier molecular flexibility index (Phi) is 5.93. The number of fused-ring (bicyclic) bond motifs is 1. The van der Waals surface area contributed by atoms with E-state index in [1.807, 2.05) is 38.1 Å². The largest absolute Gasteiger partial charge is 0.452 e. The van der Waals surface area contributed by atoms with Crippen LogP contribution < -0.4 is 9.62 Å². The van der Waals surface area contributed by atoms with E-state index in [1.54, 1.807) is 12.1 Å². The van der Waals surface area contributed by atoms with Crippen LogP contribution in [-0.4, -0.2) is 39.2 Å². The van der Waals surface area contributed by atoms with Crippen molar-refractivity contribution in [1.29, 1.82) is 0 Å². The van der Waals surface area contributed by atoms with Crippen molar-refractivity contribution < 1.29 is 22.7 Å². The molecule has 2 aromatic carbocycles. The van der Waals surface area contributed by atoms with Gasteiger partial charge >= 0.3 is 5.97 Å². The van der Waals surface area contributed by atoms with E-state index >= 15 is 0 Å². The van der Waals surface area contributed by atoms with Gasteiger partial charge in [0.05, 0.1) is 17.5 Å². The highest BCUT2D eigenvalue weighted by molar-refractivity contribution is 7.92. The summed E-state index contributed by atoms with van der Waals surface area (Å²) in [5.74, 6) is -1.01. The second kappa shape index (κ2) is 8.24. The number of carbonyl (C=O) groups excluding carboxylic acids is 2. The highest BCUT2D eigenvalue weighted by Gasteiger charge is 2.32. The van der Waals surface area contributed by atoms with E-state index in [0.717, 1.165) is 22.9 Å². The molecule has 0 saturated heterocycles. The number of esters is 1. The molecule has 1 amide bonds. The Balaban J connectivity index is 1.59. The third kappa shape index (κ3) is 4.76. The van der Waals surface area contributed by atoms with Crippen molar-refractivity contribution in [1.82, 2.24) is 5.32 Å². The summed E-state index contributed by atoms with van der Waals surface area (Å²) in [7, 11) is -3.39. The molecule has 0 aromatic heterocycles. The van der Waals surface area contributed by atoms with E-state index in [4.69, 9.17) is 4.74 Å². The normalized spacial score (nSPS) is 15.7. The zero-order valence-corrected chi connectivity index (χ0v) is 17.5. The molecule has 0 radical (unpaired) electrons. The maximum Gasteiger partial charge on any atom is 0.338 e. The summed E-state index contributed by atoms with van der Waals surface area (Å²) in [5, 5.41) is 2.73. The first-order valence-electron chi connectivity index (χ1n) is 9.27. The van der Waals surface area contributed by atoms with Crippen molar-refractivity contribution in [3.05, 3.63) is 64.7 Å². The molecule has 0 aliphatic carbocycles. The van der Waals surface area contributed by atoms with Crippen molar-refractivity contribution in [2.24, 2.45) is 0 Å². The Morgan fingerprint density at radius 1 is 1.21 bits per heavy atom. The quantitative estimate of drug-likeness (QED) is 0.729. The lowest BCUT2D eigenvalue weighted by Crippen LogP contribution is -2.34. The van der Waals surface area contributed by atoms with Crippen LogP contribution in [0.5, 0.6) is 0 Å². The number of anilines is 1. The van der Waals surface area contributed by atoms with Crippen LogP contribution in [-0.2, 0) is 32.5 Å². The Labute approximate surface area is 170 Å². The highest BCUT2D eigenvalue weighted by Crippen LogP contribution is 2.34. The molecule has 1 heterocycles. The monoisotopic (exact) mass is 416 g/mol.